The van der Waals surface area contributed by atoms with Crippen molar-refractivity contribution in [1.29, 1.82) is 0 Å². The normalized spacial score (nSPS) is 10.8. The van der Waals surface area contributed by atoms with Gasteiger partial charge in [-0.05, 0) is 36.4 Å². The van der Waals surface area contributed by atoms with Gasteiger partial charge in [0, 0.05) is 33.2 Å². The van der Waals surface area contributed by atoms with Crippen LogP contribution in [0.1, 0.15) is 5.56 Å². The summed E-state index contributed by atoms with van der Waals surface area (Å²) in [6, 6.07) is 12.3. The van der Waals surface area contributed by atoms with E-state index >= 15 is 0 Å². The van der Waals surface area contributed by atoms with Crippen LogP contribution in [0.15, 0.2) is 53.1 Å². The van der Waals surface area contributed by atoms with Crippen LogP contribution in [0, 0.1) is 5.82 Å². The van der Waals surface area contributed by atoms with E-state index in [2.05, 4.69) is 26.2 Å². The minimum Gasteiger partial charge on any atom is -0.379 e. The van der Waals surface area contributed by atoms with Gasteiger partial charge >= 0.3 is 0 Å². The van der Waals surface area contributed by atoms with E-state index in [4.69, 9.17) is 11.6 Å². The molecule has 0 aliphatic heterocycles. The molecule has 1 N–H and O–H groups in total. The van der Waals surface area contributed by atoms with Crippen LogP contribution in [0.4, 0.5) is 10.1 Å². The zero-order chi connectivity index (χ0) is 14.8. The Bertz CT molecular complexity index is 807. The Morgan fingerprint density at radius 3 is 2.90 bits per heavy atom. The number of fused-ring (bicyclic) bond motifs is 1. The highest BCUT2D eigenvalue weighted by atomic mass is 79.9. The number of aromatic nitrogens is 1. The van der Waals surface area contributed by atoms with E-state index in [0.717, 1.165) is 21.1 Å². The van der Waals surface area contributed by atoms with Crippen molar-refractivity contribution in [3.8, 4) is 0 Å². The molecule has 3 aromatic rings. The molecule has 2 aromatic carbocycles. The Labute approximate surface area is 135 Å². The average molecular weight is 366 g/mol. The molecular weight excluding hydrogens is 355 g/mol. The molecule has 0 spiro atoms. The van der Waals surface area contributed by atoms with Gasteiger partial charge in [0.2, 0.25) is 0 Å². The van der Waals surface area contributed by atoms with E-state index in [1.807, 2.05) is 18.2 Å². The van der Waals surface area contributed by atoms with Crippen LogP contribution in [0.2, 0.25) is 5.02 Å². The van der Waals surface area contributed by atoms with Crippen molar-refractivity contribution in [3.63, 3.8) is 0 Å². The van der Waals surface area contributed by atoms with Crippen LogP contribution in [-0.4, -0.2) is 4.98 Å². The van der Waals surface area contributed by atoms with E-state index in [1.165, 1.54) is 6.07 Å². The highest BCUT2D eigenvalue weighted by molar-refractivity contribution is 9.10. The lowest BCUT2D eigenvalue weighted by atomic mass is 10.1. The number of nitrogens with one attached hydrogen (secondary N) is 1. The van der Waals surface area contributed by atoms with Crippen molar-refractivity contribution in [2.24, 2.45) is 0 Å². The zero-order valence-electron chi connectivity index (χ0n) is 10.9. The predicted molar refractivity (Wildman–Crippen MR) is 88.2 cm³/mol. The molecule has 0 aliphatic carbocycles. The van der Waals surface area contributed by atoms with E-state index in [1.54, 1.807) is 24.4 Å². The molecule has 0 aliphatic rings. The predicted octanol–water partition coefficient (Wildman–Crippen LogP) is 5.40. The topological polar surface area (TPSA) is 24.9 Å². The smallest absolute Gasteiger partial charge is 0.128 e. The van der Waals surface area contributed by atoms with Crippen molar-refractivity contribution in [2.75, 3.05) is 5.32 Å². The Balaban J connectivity index is 1.93. The Hall–Kier alpha value is -1.65. The molecule has 3 rings (SSSR count). The number of pyridine rings is 1. The fourth-order valence-electron chi connectivity index (χ4n) is 2.16. The maximum absolute atomic E-state index is 13.8. The largest absolute Gasteiger partial charge is 0.379 e. The third-order valence-electron chi connectivity index (χ3n) is 3.15. The Morgan fingerprint density at radius 2 is 2.05 bits per heavy atom. The SMILES string of the molecule is Fc1ccc(Br)cc1CNc1cc(Cl)cc2cccnc12. The summed E-state index contributed by atoms with van der Waals surface area (Å²) in [7, 11) is 0. The number of halogens is 3. The number of hydrogen-bond donors (Lipinski definition) is 1. The summed E-state index contributed by atoms with van der Waals surface area (Å²) in [5.41, 5.74) is 2.18. The second-order valence-electron chi connectivity index (χ2n) is 4.62. The van der Waals surface area contributed by atoms with Crippen molar-refractivity contribution < 1.29 is 4.39 Å². The Morgan fingerprint density at radius 1 is 1.19 bits per heavy atom. The summed E-state index contributed by atoms with van der Waals surface area (Å²) >= 11 is 9.46. The molecule has 0 unspecified atom stereocenters. The highest BCUT2D eigenvalue weighted by Crippen LogP contribution is 2.27. The lowest BCUT2D eigenvalue weighted by molar-refractivity contribution is 0.612. The maximum atomic E-state index is 13.8. The van der Waals surface area contributed by atoms with Gasteiger partial charge < -0.3 is 5.32 Å². The zero-order valence-corrected chi connectivity index (χ0v) is 13.2. The summed E-state index contributed by atoms with van der Waals surface area (Å²) in [6.45, 7) is 0.358. The van der Waals surface area contributed by atoms with Crippen molar-refractivity contribution >= 4 is 44.1 Å². The molecule has 2 nitrogen and oxygen atoms in total. The summed E-state index contributed by atoms with van der Waals surface area (Å²) in [6.07, 6.45) is 1.72. The summed E-state index contributed by atoms with van der Waals surface area (Å²) in [5, 5.41) is 4.77. The minimum atomic E-state index is -0.245. The van der Waals surface area contributed by atoms with Gasteiger partial charge in [0.05, 0.1) is 11.2 Å². The fraction of sp³-hybridized carbons (Fsp3) is 0.0625. The molecular formula is C16H11BrClFN2. The second kappa shape index (κ2) is 6.00. The average Bonchev–Trinajstić information content (AvgIpc) is 2.47. The number of anilines is 1. The summed E-state index contributed by atoms with van der Waals surface area (Å²) < 4.78 is 14.6. The van der Waals surface area contributed by atoms with Crippen molar-refractivity contribution in [3.05, 3.63) is 69.5 Å². The highest BCUT2D eigenvalue weighted by Gasteiger charge is 2.07. The molecule has 0 atom stereocenters. The van der Waals surface area contributed by atoms with Crippen molar-refractivity contribution in [2.45, 2.75) is 6.54 Å². The van der Waals surface area contributed by atoms with Gasteiger partial charge in [-0.2, -0.15) is 0 Å². The molecule has 106 valence electrons. The third kappa shape index (κ3) is 3.17. The number of rotatable bonds is 3. The van der Waals surface area contributed by atoms with E-state index in [0.29, 0.717) is 17.1 Å². The molecule has 0 amide bonds. The number of nitrogens with zero attached hydrogens (tertiary/aromatic N) is 1. The minimum absolute atomic E-state index is 0.245. The molecule has 0 bridgehead atoms. The first-order valence-corrected chi connectivity index (χ1v) is 7.52. The first-order chi connectivity index (χ1) is 10.1. The maximum Gasteiger partial charge on any atom is 0.128 e. The molecule has 1 heterocycles. The Kier molecular flexibility index (Phi) is 4.08. The van der Waals surface area contributed by atoms with Crippen LogP contribution in [0.3, 0.4) is 0 Å². The molecule has 1 aromatic heterocycles. The van der Waals surface area contributed by atoms with Crippen LogP contribution >= 0.6 is 27.5 Å². The second-order valence-corrected chi connectivity index (χ2v) is 5.97. The van der Waals surface area contributed by atoms with E-state index in [-0.39, 0.29) is 5.82 Å². The fourth-order valence-corrected chi connectivity index (χ4v) is 2.79. The molecule has 0 saturated carbocycles. The van der Waals surface area contributed by atoms with Gasteiger partial charge in [0.1, 0.15) is 5.82 Å². The summed E-state index contributed by atoms with van der Waals surface area (Å²) in [5.74, 6) is -0.245. The van der Waals surface area contributed by atoms with Crippen LogP contribution in [-0.2, 0) is 6.54 Å². The first-order valence-electron chi connectivity index (χ1n) is 6.35. The quantitative estimate of drug-likeness (QED) is 0.672. The van der Waals surface area contributed by atoms with E-state index < -0.39 is 0 Å². The molecule has 5 heteroatoms. The first kappa shape index (κ1) is 14.3. The lowest BCUT2D eigenvalue weighted by Gasteiger charge is -2.11. The van der Waals surface area contributed by atoms with Crippen molar-refractivity contribution in [1.82, 2.24) is 4.98 Å². The molecule has 21 heavy (non-hydrogen) atoms. The van der Waals surface area contributed by atoms with Gasteiger partial charge in [-0.15, -0.1) is 0 Å². The van der Waals surface area contributed by atoms with Gasteiger partial charge in [-0.3, -0.25) is 4.98 Å². The van der Waals surface area contributed by atoms with Gasteiger partial charge in [0.25, 0.3) is 0 Å². The van der Waals surface area contributed by atoms with Crippen LogP contribution in [0.5, 0.6) is 0 Å². The molecule has 0 fully saturated rings. The molecule has 0 saturated heterocycles. The third-order valence-corrected chi connectivity index (χ3v) is 3.86. The van der Waals surface area contributed by atoms with Gasteiger partial charge in [-0.25, -0.2) is 4.39 Å². The monoisotopic (exact) mass is 364 g/mol. The van der Waals surface area contributed by atoms with Crippen LogP contribution in [0.25, 0.3) is 10.9 Å². The van der Waals surface area contributed by atoms with Gasteiger partial charge in [-0.1, -0.05) is 33.6 Å². The van der Waals surface area contributed by atoms with Crippen LogP contribution < -0.4 is 5.32 Å². The summed E-state index contributed by atoms with van der Waals surface area (Å²) in [4.78, 5) is 4.35. The standard InChI is InChI=1S/C16H11BrClFN2/c17-12-3-4-14(19)11(6-12)9-21-15-8-13(18)7-10-2-1-5-20-16(10)15/h1-8,21H,9H2. The number of hydrogen-bond acceptors (Lipinski definition) is 2. The number of benzene rings is 2. The van der Waals surface area contributed by atoms with E-state index in [9.17, 15) is 4.39 Å². The molecule has 0 radical (unpaired) electrons. The lowest BCUT2D eigenvalue weighted by Crippen LogP contribution is -2.03. The van der Waals surface area contributed by atoms with Gasteiger partial charge in [0.15, 0.2) is 0 Å².